The van der Waals surface area contributed by atoms with E-state index in [1.807, 2.05) is 0 Å². The molecule has 0 radical (unpaired) electrons. The molecule has 5 nitrogen and oxygen atoms in total. The van der Waals surface area contributed by atoms with Crippen molar-refractivity contribution in [3.63, 3.8) is 0 Å². The molecule has 20 heavy (non-hydrogen) atoms. The molecular formula is C15H17NO4. The minimum Gasteiger partial charge on any atom is -0.465 e. The number of esters is 1. The number of ether oxygens (including phenoxy) is 1. The molecule has 0 atom stereocenters. The van der Waals surface area contributed by atoms with Crippen LogP contribution in [0, 0.1) is 12.8 Å². The van der Waals surface area contributed by atoms with Gasteiger partial charge in [0.1, 0.15) is 0 Å². The second kappa shape index (κ2) is 5.86. The van der Waals surface area contributed by atoms with Crippen molar-refractivity contribution in [1.29, 1.82) is 0 Å². The predicted molar refractivity (Wildman–Crippen MR) is 72.6 cm³/mol. The van der Waals surface area contributed by atoms with Crippen molar-refractivity contribution >= 4 is 17.7 Å². The number of amides is 1. The molecule has 0 aromatic heterocycles. The van der Waals surface area contributed by atoms with Gasteiger partial charge in [0.2, 0.25) is 0 Å². The molecule has 0 unspecified atom stereocenters. The number of benzene rings is 1. The summed E-state index contributed by atoms with van der Waals surface area (Å²) in [6, 6.07) is 4.79. The van der Waals surface area contributed by atoms with Crippen LogP contribution in [0.15, 0.2) is 18.2 Å². The van der Waals surface area contributed by atoms with Gasteiger partial charge in [-0.15, -0.1) is 0 Å². The van der Waals surface area contributed by atoms with E-state index in [2.05, 4.69) is 10.1 Å². The van der Waals surface area contributed by atoms with E-state index >= 15 is 0 Å². The van der Waals surface area contributed by atoms with Crippen LogP contribution in [0.2, 0.25) is 0 Å². The number of aryl methyl sites for hydroxylation is 1. The summed E-state index contributed by atoms with van der Waals surface area (Å²) < 4.78 is 4.64. The Morgan fingerprint density at radius 2 is 1.85 bits per heavy atom. The number of carbonyl (C=O) groups excluding carboxylic acids is 3. The molecule has 1 aromatic rings. The quantitative estimate of drug-likeness (QED) is 0.826. The van der Waals surface area contributed by atoms with Crippen LogP contribution >= 0.6 is 0 Å². The zero-order valence-corrected chi connectivity index (χ0v) is 11.6. The SMILES string of the molecule is COC(=O)c1cc(C)cc(C(=O)NCC(=O)C2CC2)c1. The van der Waals surface area contributed by atoms with Crippen LogP contribution in [-0.4, -0.2) is 31.3 Å². The van der Waals surface area contributed by atoms with E-state index in [4.69, 9.17) is 0 Å². The maximum absolute atomic E-state index is 12.0. The minimum absolute atomic E-state index is 0.0466. The van der Waals surface area contributed by atoms with Crippen molar-refractivity contribution in [2.24, 2.45) is 5.92 Å². The Hall–Kier alpha value is -2.17. The Bertz CT molecular complexity index is 561. The second-order valence-corrected chi connectivity index (χ2v) is 5.00. The molecular weight excluding hydrogens is 258 g/mol. The van der Waals surface area contributed by atoms with Crippen molar-refractivity contribution in [2.45, 2.75) is 19.8 Å². The van der Waals surface area contributed by atoms with Gasteiger partial charge < -0.3 is 10.1 Å². The number of hydrogen-bond donors (Lipinski definition) is 1. The summed E-state index contributed by atoms with van der Waals surface area (Å²) in [5, 5.41) is 2.59. The highest BCUT2D eigenvalue weighted by Crippen LogP contribution is 2.29. The fraction of sp³-hybridized carbons (Fsp3) is 0.400. The molecule has 2 rings (SSSR count). The highest BCUT2D eigenvalue weighted by Gasteiger charge is 2.29. The first-order valence-corrected chi connectivity index (χ1v) is 6.52. The summed E-state index contributed by atoms with van der Waals surface area (Å²) in [7, 11) is 1.29. The molecule has 1 amide bonds. The molecule has 1 aromatic carbocycles. The molecule has 1 N–H and O–H groups in total. The average Bonchev–Trinajstić information content (AvgIpc) is 3.27. The molecule has 5 heteroatoms. The first kappa shape index (κ1) is 14.2. The molecule has 106 valence electrons. The Balaban J connectivity index is 2.06. The Labute approximate surface area is 117 Å². The number of carbonyl (C=O) groups is 3. The van der Waals surface area contributed by atoms with E-state index in [1.165, 1.54) is 13.2 Å². The Kier molecular flexibility index (Phi) is 4.17. The maximum Gasteiger partial charge on any atom is 0.337 e. The summed E-state index contributed by atoms with van der Waals surface area (Å²) in [6.45, 7) is 1.84. The van der Waals surface area contributed by atoms with Crippen LogP contribution in [-0.2, 0) is 9.53 Å². The molecule has 0 heterocycles. The highest BCUT2D eigenvalue weighted by molar-refractivity contribution is 6.00. The van der Waals surface area contributed by atoms with E-state index in [-0.39, 0.29) is 24.2 Å². The lowest BCUT2D eigenvalue weighted by atomic mass is 10.1. The van der Waals surface area contributed by atoms with Gasteiger partial charge in [0.05, 0.1) is 19.2 Å². The van der Waals surface area contributed by atoms with Crippen LogP contribution in [0.4, 0.5) is 0 Å². The van der Waals surface area contributed by atoms with Crippen molar-refractivity contribution in [1.82, 2.24) is 5.32 Å². The third-order valence-electron chi connectivity index (χ3n) is 3.22. The molecule has 0 saturated heterocycles. The number of hydrogen-bond acceptors (Lipinski definition) is 4. The van der Waals surface area contributed by atoms with Crippen LogP contribution in [0.1, 0.15) is 39.1 Å². The van der Waals surface area contributed by atoms with Gasteiger partial charge >= 0.3 is 5.97 Å². The average molecular weight is 275 g/mol. The summed E-state index contributed by atoms with van der Waals surface area (Å²) in [4.78, 5) is 35.0. The van der Waals surface area contributed by atoms with Crippen LogP contribution < -0.4 is 5.32 Å². The van der Waals surface area contributed by atoms with E-state index in [1.54, 1.807) is 19.1 Å². The standard InChI is InChI=1S/C15H17NO4/c1-9-5-11(7-12(6-9)15(19)20-2)14(18)16-8-13(17)10-3-4-10/h5-7,10H,3-4,8H2,1-2H3,(H,16,18). The van der Waals surface area contributed by atoms with Crippen LogP contribution in [0.5, 0.6) is 0 Å². The molecule has 1 fully saturated rings. The van der Waals surface area contributed by atoms with Gasteiger partial charge in [0, 0.05) is 11.5 Å². The molecule has 1 aliphatic carbocycles. The smallest absolute Gasteiger partial charge is 0.337 e. The van der Waals surface area contributed by atoms with Crippen molar-refractivity contribution in [3.05, 3.63) is 34.9 Å². The number of rotatable bonds is 5. The molecule has 1 saturated carbocycles. The van der Waals surface area contributed by atoms with Crippen molar-refractivity contribution in [3.8, 4) is 0 Å². The van der Waals surface area contributed by atoms with E-state index in [9.17, 15) is 14.4 Å². The number of nitrogens with one attached hydrogen (secondary N) is 1. The molecule has 0 aliphatic heterocycles. The lowest BCUT2D eigenvalue weighted by Gasteiger charge is -2.07. The monoisotopic (exact) mass is 275 g/mol. The number of ketones is 1. The fourth-order valence-electron chi connectivity index (χ4n) is 1.97. The molecule has 0 spiro atoms. The van der Waals surface area contributed by atoms with Gasteiger partial charge in [0.25, 0.3) is 5.91 Å². The van der Waals surface area contributed by atoms with E-state index in [0.717, 1.165) is 18.4 Å². The summed E-state index contributed by atoms with van der Waals surface area (Å²) in [6.07, 6.45) is 1.84. The summed E-state index contributed by atoms with van der Waals surface area (Å²) in [5.41, 5.74) is 1.46. The summed E-state index contributed by atoms with van der Waals surface area (Å²) >= 11 is 0. The molecule has 0 bridgehead atoms. The first-order chi connectivity index (χ1) is 9.51. The highest BCUT2D eigenvalue weighted by atomic mass is 16.5. The normalized spacial score (nSPS) is 13.7. The molecule has 1 aliphatic rings. The lowest BCUT2D eigenvalue weighted by molar-refractivity contribution is -0.119. The van der Waals surface area contributed by atoms with Gasteiger partial charge in [-0.1, -0.05) is 0 Å². The van der Waals surface area contributed by atoms with E-state index in [0.29, 0.717) is 11.1 Å². The van der Waals surface area contributed by atoms with Crippen LogP contribution in [0.3, 0.4) is 0 Å². The Morgan fingerprint density at radius 1 is 1.20 bits per heavy atom. The van der Waals surface area contributed by atoms with Gasteiger partial charge in [-0.05, 0) is 43.5 Å². The van der Waals surface area contributed by atoms with Crippen molar-refractivity contribution in [2.75, 3.05) is 13.7 Å². The zero-order chi connectivity index (χ0) is 14.7. The van der Waals surface area contributed by atoms with E-state index < -0.39 is 5.97 Å². The Morgan fingerprint density at radius 3 is 2.45 bits per heavy atom. The maximum atomic E-state index is 12.0. The van der Waals surface area contributed by atoms with Gasteiger partial charge in [-0.3, -0.25) is 9.59 Å². The second-order valence-electron chi connectivity index (χ2n) is 5.00. The largest absolute Gasteiger partial charge is 0.465 e. The van der Waals surface area contributed by atoms with Gasteiger partial charge in [-0.2, -0.15) is 0 Å². The van der Waals surface area contributed by atoms with Gasteiger partial charge in [0.15, 0.2) is 5.78 Å². The van der Waals surface area contributed by atoms with Crippen LogP contribution in [0.25, 0.3) is 0 Å². The zero-order valence-electron chi connectivity index (χ0n) is 11.6. The first-order valence-electron chi connectivity index (χ1n) is 6.52. The van der Waals surface area contributed by atoms with Crippen molar-refractivity contribution < 1.29 is 19.1 Å². The predicted octanol–water partition coefficient (Wildman–Crippen LogP) is 1.49. The third kappa shape index (κ3) is 3.44. The topological polar surface area (TPSA) is 72.5 Å². The lowest BCUT2D eigenvalue weighted by Crippen LogP contribution is -2.30. The summed E-state index contributed by atoms with van der Waals surface area (Å²) in [5.74, 6) is -0.651. The number of Topliss-reactive ketones (excluding diaryl/α,β-unsaturated/α-hetero) is 1. The fourth-order valence-corrected chi connectivity index (χ4v) is 1.97. The number of methoxy groups -OCH3 is 1. The third-order valence-corrected chi connectivity index (χ3v) is 3.22. The van der Waals surface area contributed by atoms with Gasteiger partial charge in [-0.25, -0.2) is 4.79 Å². The minimum atomic E-state index is -0.489.